The zero-order valence-electron chi connectivity index (χ0n) is 10.8. The molecule has 1 aromatic carbocycles. The zero-order chi connectivity index (χ0) is 15.5. The molecule has 1 heterocycles. The van der Waals surface area contributed by atoms with Crippen molar-refractivity contribution in [3.05, 3.63) is 45.1 Å². The van der Waals surface area contributed by atoms with Crippen molar-refractivity contribution in [1.82, 2.24) is 14.5 Å². The Balaban J connectivity index is 2.02. The van der Waals surface area contributed by atoms with E-state index in [1.807, 2.05) is 12.3 Å². The predicted octanol–water partition coefficient (Wildman–Crippen LogP) is 3.32. The summed E-state index contributed by atoms with van der Waals surface area (Å²) < 4.78 is 29.3. The monoisotopic (exact) mass is 411 g/mol. The second-order valence-electron chi connectivity index (χ2n) is 4.22. The molecule has 0 aliphatic carbocycles. The maximum absolute atomic E-state index is 12.2. The number of nitrogens with zero attached hydrogens (tertiary/aromatic N) is 2. The first kappa shape index (κ1) is 16.8. The molecule has 0 fully saturated rings. The third-order valence-corrected chi connectivity index (χ3v) is 5.49. The first-order valence-corrected chi connectivity index (χ1v) is 9.05. The summed E-state index contributed by atoms with van der Waals surface area (Å²) in [7, 11) is -3.74. The van der Waals surface area contributed by atoms with Crippen LogP contribution in [0.2, 0.25) is 10.0 Å². The van der Waals surface area contributed by atoms with Crippen LogP contribution in [0.15, 0.2) is 40.0 Å². The molecular weight excluding hydrogens is 401 g/mol. The highest BCUT2D eigenvalue weighted by atomic mass is 79.9. The normalized spacial score (nSPS) is 11.8. The van der Waals surface area contributed by atoms with Gasteiger partial charge in [0.05, 0.1) is 10.0 Å². The van der Waals surface area contributed by atoms with E-state index in [0.29, 0.717) is 17.4 Å². The van der Waals surface area contributed by atoms with Crippen molar-refractivity contribution in [1.29, 1.82) is 0 Å². The zero-order valence-corrected chi connectivity index (χ0v) is 14.7. The van der Waals surface area contributed by atoms with Gasteiger partial charge in [-0.15, -0.1) is 0 Å². The van der Waals surface area contributed by atoms with Gasteiger partial charge in [-0.3, -0.25) is 4.68 Å². The molecule has 0 atom stereocenters. The van der Waals surface area contributed by atoms with Crippen LogP contribution >= 0.6 is 39.1 Å². The number of rotatable bonds is 6. The molecule has 1 aromatic heterocycles. The fourth-order valence-corrected chi connectivity index (χ4v) is 4.74. The average molecular weight is 413 g/mol. The van der Waals surface area contributed by atoms with Crippen molar-refractivity contribution in [2.24, 2.45) is 0 Å². The Labute approximate surface area is 141 Å². The third-order valence-electron chi connectivity index (χ3n) is 2.65. The summed E-state index contributed by atoms with van der Waals surface area (Å²) in [6.07, 6.45) is 4.09. The molecule has 0 saturated heterocycles. The summed E-state index contributed by atoms with van der Waals surface area (Å²) in [5.74, 6) is 0. The predicted molar refractivity (Wildman–Crippen MR) is 86.2 cm³/mol. The largest absolute Gasteiger partial charge is 0.273 e. The summed E-state index contributed by atoms with van der Waals surface area (Å²) >= 11 is 15.1. The lowest BCUT2D eigenvalue weighted by molar-refractivity contribution is 0.553. The van der Waals surface area contributed by atoms with Crippen molar-refractivity contribution < 1.29 is 8.42 Å². The Kier molecular flexibility index (Phi) is 5.67. The van der Waals surface area contributed by atoms with Gasteiger partial charge in [0.1, 0.15) is 4.90 Å². The molecule has 0 spiro atoms. The number of nitrogens with one attached hydrogen (secondary N) is 1. The highest BCUT2D eigenvalue weighted by Crippen LogP contribution is 2.32. The van der Waals surface area contributed by atoms with Gasteiger partial charge in [0.25, 0.3) is 0 Å². The summed E-state index contributed by atoms with van der Waals surface area (Å²) in [6.45, 7) is 0.891. The van der Waals surface area contributed by atoms with Crippen LogP contribution in [0.5, 0.6) is 0 Å². The van der Waals surface area contributed by atoms with Crippen LogP contribution in [0.1, 0.15) is 6.42 Å². The van der Waals surface area contributed by atoms with Gasteiger partial charge in [-0.1, -0.05) is 39.1 Å². The van der Waals surface area contributed by atoms with Gasteiger partial charge in [0, 0.05) is 30.0 Å². The van der Waals surface area contributed by atoms with E-state index in [1.54, 1.807) is 10.9 Å². The number of sulfonamides is 1. The van der Waals surface area contributed by atoms with E-state index in [-0.39, 0.29) is 21.5 Å². The lowest BCUT2D eigenvalue weighted by Gasteiger charge is -2.10. The molecule has 0 amide bonds. The molecule has 0 radical (unpaired) electrons. The van der Waals surface area contributed by atoms with Crippen LogP contribution in [-0.2, 0) is 16.6 Å². The SMILES string of the molecule is O=S(=O)(NCCCn1cccn1)c1c(Cl)cc(Br)cc1Cl. The van der Waals surface area contributed by atoms with E-state index in [4.69, 9.17) is 23.2 Å². The number of hydrogen-bond acceptors (Lipinski definition) is 3. The van der Waals surface area contributed by atoms with Crippen molar-refractivity contribution >= 4 is 49.2 Å². The molecule has 114 valence electrons. The van der Waals surface area contributed by atoms with E-state index in [9.17, 15) is 8.42 Å². The maximum Gasteiger partial charge on any atom is 0.243 e. The Morgan fingerprint density at radius 2 is 1.95 bits per heavy atom. The molecule has 0 bridgehead atoms. The first-order valence-electron chi connectivity index (χ1n) is 6.02. The van der Waals surface area contributed by atoms with Gasteiger partial charge < -0.3 is 0 Å². The molecule has 0 aliphatic heterocycles. The lowest BCUT2D eigenvalue weighted by Crippen LogP contribution is -2.26. The minimum atomic E-state index is -3.74. The van der Waals surface area contributed by atoms with Crippen LogP contribution in [-0.4, -0.2) is 24.7 Å². The number of hydrogen-bond donors (Lipinski definition) is 1. The molecule has 2 aromatic rings. The van der Waals surface area contributed by atoms with Crippen molar-refractivity contribution in [2.75, 3.05) is 6.54 Å². The molecule has 9 heteroatoms. The highest BCUT2D eigenvalue weighted by Gasteiger charge is 2.21. The average Bonchev–Trinajstić information content (AvgIpc) is 2.86. The standard InChI is InChI=1S/C12H12BrCl2N3O2S/c13-9-7-10(14)12(11(15)8-9)21(19,20)17-4-2-6-18-5-1-3-16-18/h1,3,5,7-8,17H,2,4,6H2. The minimum absolute atomic E-state index is 0.0777. The lowest BCUT2D eigenvalue weighted by atomic mass is 10.4. The van der Waals surface area contributed by atoms with Crippen molar-refractivity contribution in [2.45, 2.75) is 17.9 Å². The Hall–Kier alpha value is -0.600. The van der Waals surface area contributed by atoms with E-state index < -0.39 is 10.0 Å². The fraction of sp³-hybridized carbons (Fsp3) is 0.250. The molecular formula is C12H12BrCl2N3O2S. The molecule has 0 aliphatic rings. The third kappa shape index (κ3) is 4.43. The molecule has 0 saturated carbocycles. The van der Waals surface area contributed by atoms with Crippen molar-refractivity contribution in [3.63, 3.8) is 0 Å². The van der Waals surface area contributed by atoms with Crippen LogP contribution in [0, 0.1) is 0 Å². The maximum atomic E-state index is 12.2. The second-order valence-corrected chi connectivity index (χ2v) is 7.65. The molecule has 21 heavy (non-hydrogen) atoms. The number of aromatic nitrogens is 2. The summed E-state index contributed by atoms with van der Waals surface area (Å²) in [5, 5.41) is 4.19. The van der Waals surface area contributed by atoms with Crippen molar-refractivity contribution in [3.8, 4) is 0 Å². The van der Waals surface area contributed by atoms with Crippen LogP contribution < -0.4 is 4.72 Å². The minimum Gasteiger partial charge on any atom is -0.273 e. The Morgan fingerprint density at radius 1 is 1.29 bits per heavy atom. The molecule has 0 unspecified atom stereocenters. The van der Waals surface area contributed by atoms with E-state index >= 15 is 0 Å². The molecule has 5 nitrogen and oxygen atoms in total. The van der Waals surface area contributed by atoms with Crippen LogP contribution in [0.4, 0.5) is 0 Å². The smallest absolute Gasteiger partial charge is 0.243 e. The van der Waals surface area contributed by atoms with Crippen LogP contribution in [0.3, 0.4) is 0 Å². The van der Waals surface area contributed by atoms with E-state index in [0.717, 1.165) is 0 Å². The first-order chi connectivity index (χ1) is 9.90. The van der Waals surface area contributed by atoms with Gasteiger partial charge in [-0.05, 0) is 24.6 Å². The Bertz CT molecular complexity index is 697. The second kappa shape index (κ2) is 7.11. The number of halogens is 3. The van der Waals surface area contributed by atoms with Gasteiger partial charge >= 0.3 is 0 Å². The highest BCUT2D eigenvalue weighted by molar-refractivity contribution is 9.10. The summed E-state index contributed by atoms with van der Waals surface area (Å²) in [4.78, 5) is -0.104. The van der Waals surface area contributed by atoms with Crippen LogP contribution in [0.25, 0.3) is 0 Å². The number of aryl methyl sites for hydroxylation is 1. The van der Waals surface area contributed by atoms with Gasteiger partial charge in [-0.25, -0.2) is 13.1 Å². The van der Waals surface area contributed by atoms with Gasteiger partial charge in [0.2, 0.25) is 10.0 Å². The van der Waals surface area contributed by atoms with Gasteiger partial charge in [0.15, 0.2) is 0 Å². The Morgan fingerprint density at radius 3 is 2.52 bits per heavy atom. The number of benzene rings is 1. The topological polar surface area (TPSA) is 64.0 Å². The van der Waals surface area contributed by atoms with E-state index in [2.05, 4.69) is 25.8 Å². The van der Waals surface area contributed by atoms with E-state index in [1.165, 1.54) is 12.1 Å². The summed E-state index contributed by atoms with van der Waals surface area (Å²) in [5.41, 5.74) is 0. The fourth-order valence-electron chi connectivity index (χ4n) is 1.74. The molecule has 1 N–H and O–H groups in total. The van der Waals surface area contributed by atoms with Gasteiger partial charge in [-0.2, -0.15) is 5.10 Å². The summed E-state index contributed by atoms with van der Waals surface area (Å²) in [6, 6.07) is 4.79. The quantitative estimate of drug-likeness (QED) is 0.740. The molecule has 2 rings (SSSR count).